The van der Waals surface area contributed by atoms with Crippen molar-refractivity contribution in [3.05, 3.63) is 66.6 Å². The van der Waals surface area contributed by atoms with Gasteiger partial charge in [-0.3, -0.25) is 4.79 Å². The van der Waals surface area contributed by atoms with E-state index in [0.717, 1.165) is 5.69 Å². The van der Waals surface area contributed by atoms with Gasteiger partial charge in [0.1, 0.15) is 5.82 Å². The number of rotatable bonds is 3. The molecule has 0 atom stereocenters. The molecule has 3 aromatic rings. The van der Waals surface area contributed by atoms with Crippen molar-refractivity contribution in [2.45, 2.75) is 0 Å². The number of para-hydroxylation sites is 1. The van der Waals surface area contributed by atoms with Crippen LogP contribution in [-0.2, 0) is 0 Å². The molecule has 0 radical (unpaired) electrons. The highest BCUT2D eigenvalue weighted by atomic mass is 16.2. The first-order chi connectivity index (χ1) is 9.83. The van der Waals surface area contributed by atoms with Gasteiger partial charge in [0.25, 0.3) is 5.91 Å². The second-order valence-corrected chi connectivity index (χ2v) is 4.05. The van der Waals surface area contributed by atoms with Gasteiger partial charge in [-0.05, 0) is 24.3 Å². The number of pyridine rings is 1. The van der Waals surface area contributed by atoms with Crippen LogP contribution in [0.1, 0.15) is 10.5 Å². The minimum Gasteiger partial charge on any atom is -0.305 e. The smallest absolute Gasteiger partial charge is 0.279 e. The topological polar surface area (TPSA) is 72.7 Å². The van der Waals surface area contributed by atoms with E-state index in [1.807, 2.05) is 30.3 Å². The van der Waals surface area contributed by atoms with Gasteiger partial charge in [-0.25, -0.2) is 9.67 Å². The molecular weight excluding hydrogens is 254 g/mol. The number of carbonyl (C=O) groups is 1. The van der Waals surface area contributed by atoms with Crippen LogP contribution >= 0.6 is 0 Å². The SMILES string of the molecule is O=C(Nc1ccccn1)c1cn(-c2ccccc2)nn1. The molecule has 0 bridgehead atoms. The second kappa shape index (κ2) is 5.31. The van der Waals surface area contributed by atoms with Crippen LogP contribution in [0.4, 0.5) is 5.82 Å². The lowest BCUT2D eigenvalue weighted by Crippen LogP contribution is -2.13. The van der Waals surface area contributed by atoms with Gasteiger partial charge in [-0.15, -0.1) is 5.10 Å². The Balaban J connectivity index is 1.79. The van der Waals surface area contributed by atoms with Crippen molar-refractivity contribution in [3.8, 4) is 5.69 Å². The number of carbonyl (C=O) groups excluding carboxylic acids is 1. The maximum atomic E-state index is 12.0. The average molecular weight is 265 g/mol. The van der Waals surface area contributed by atoms with E-state index in [-0.39, 0.29) is 11.6 Å². The third-order valence-corrected chi connectivity index (χ3v) is 2.65. The maximum Gasteiger partial charge on any atom is 0.279 e. The molecule has 0 spiro atoms. The van der Waals surface area contributed by atoms with E-state index in [1.165, 1.54) is 0 Å². The summed E-state index contributed by atoms with van der Waals surface area (Å²) in [5.74, 6) is 0.137. The predicted octanol–water partition coefficient (Wildman–Crippen LogP) is 1.91. The van der Waals surface area contributed by atoms with E-state index in [9.17, 15) is 4.79 Å². The van der Waals surface area contributed by atoms with Gasteiger partial charge in [0.2, 0.25) is 0 Å². The average Bonchev–Trinajstić information content (AvgIpc) is 2.99. The summed E-state index contributed by atoms with van der Waals surface area (Å²) in [5.41, 5.74) is 1.08. The number of hydrogen-bond acceptors (Lipinski definition) is 4. The van der Waals surface area contributed by atoms with E-state index in [1.54, 1.807) is 35.3 Å². The molecule has 20 heavy (non-hydrogen) atoms. The summed E-state index contributed by atoms with van der Waals surface area (Å²) < 4.78 is 1.55. The molecular formula is C14H11N5O. The van der Waals surface area contributed by atoms with Gasteiger partial charge in [-0.2, -0.15) is 0 Å². The number of amides is 1. The number of hydrogen-bond donors (Lipinski definition) is 1. The minimum absolute atomic E-state index is 0.236. The molecule has 3 rings (SSSR count). The van der Waals surface area contributed by atoms with Crippen LogP contribution in [-0.4, -0.2) is 25.9 Å². The fourth-order valence-electron chi connectivity index (χ4n) is 1.69. The molecule has 2 heterocycles. The molecule has 1 amide bonds. The molecule has 0 fully saturated rings. The van der Waals surface area contributed by atoms with E-state index in [4.69, 9.17) is 0 Å². The highest BCUT2D eigenvalue weighted by Crippen LogP contribution is 2.07. The van der Waals surface area contributed by atoms with Crippen LogP contribution in [0.3, 0.4) is 0 Å². The highest BCUT2D eigenvalue weighted by Gasteiger charge is 2.11. The lowest BCUT2D eigenvalue weighted by molar-refractivity contribution is 0.102. The van der Waals surface area contributed by atoms with E-state index >= 15 is 0 Å². The molecule has 98 valence electrons. The normalized spacial score (nSPS) is 10.2. The zero-order chi connectivity index (χ0) is 13.8. The summed E-state index contributed by atoms with van der Waals surface area (Å²) >= 11 is 0. The van der Waals surface area contributed by atoms with Crippen molar-refractivity contribution < 1.29 is 4.79 Å². The fraction of sp³-hybridized carbons (Fsp3) is 0. The van der Waals surface area contributed by atoms with Gasteiger partial charge in [0.05, 0.1) is 11.9 Å². The molecule has 2 aromatic heterocycles. The standard InChI is InChI=1S/C14H11N5O/c20-14(16-13-8-4-5-9-15-13)12-10-19(18-17-12)11-6-2-1-3-7-11/h1-10H,(H,15,16,20). The fourth-order valence-corrected chi connectivity index (χ4v) is 1.69. The maximum absolute atomic E-state index is 12.0. The lowest BCUT2D eigenvalue weighted by Gasteiger charge is -2.00. The summed E-state index contributed by atoms with van der Waals surface area (Å²) in [6.45, 7) is 0. The van der Waals surface area contributed by atoms with E-state index < -0.39 is 0 Å². The van der Waals surface area contributed by atoms with Crippen molar-refractivity contribution in [3.63, 3.8) is 0 Å². The van der Waals surface area contributed by atoms with Gasteiger partial charge in [-0.1, -0.05) is 29.5 Å². The van der Waals surface area contributed by atoms with Crippen molar-refractivity contribution in [2.75, 3.05) is 5.32 Å². The van der Waals surface area contributed by atoms with Gasteiger partial charge in [0.15, 0.2) is 5.69 Å². The molecule has 0 aliphatic carbocycles. The number of nitrogens with zero attached hydrogens (tertiary/aromatic N) is 4. The molecule has 0 unspecified atom stereocenters. The summed E-state index contributed by atoms with van der Waals surface area (Å²) in [6, 6.07) is 14.7. The van der Waals surface area contributed by atoms with Crippen molar-refractivity contribution in [1.29, 1.82) is 0 Å². The van der Waals surface area contributed by atoms with Crippen LogP contribution in [0.5, 0.6) is 0 Å². The molecule has 6 heteroatoms. The number of aromatic nitrogens is 4. The molecule has 0 aliphatic heterocycles. The summed E-state index contributed by atoms with van der Waals surface area (Å²) in [4.78, 5) is 16.0. The lowest BCUT2D eigenvalue weighted by atomic mass is 10.3. The van der Waals surface area contributed by atoms with Crippen LogP contribution < -0.4 is 5.32 Å². The van der Waals surface area contributed by atoms with Crippen molar-refractivity contribution >= 4 is 11.7 Å². The van der Waals surface area contributed by atoms with Gasteiger partial charge < -0.3 is 5.32 Å². The number of nitrogens with one attached hydrogen (secondary N) is 1. The molecule has 1 N–H and O–H groups in total. The molecule has 6 nitrogen and oxygen atoms in total. The first-order valence-corrected chi connectivity index (χ1v) is 6.03. The number of benzene rings is 1. The minimum atomic E-state index is -0.342. The van der Waals surface area contributed by atoms with Crippen molar-refractivity contribution in [1.82, 2.24) is 20.0 Å². The Kier molecular flexibility index (Phi) is 3.20. The van der Waals surface area contributed by atoms with Crippen molar-refractivity contribution in [2.24, 2.45) is 0 Å². The first kappa shape index (κ1) is 12.0. The van der Waals surface area contributed by atoms with Crippen LogP contribution in [0, 0.1) is 0 Å². The Morgan fingerprint density at radius 3 is 2.60 bits per heavy atom. The zero-order valence-electron chi connectivity index (χ0n) is 10.5. The predicted molar refractivity (Wildman–Crippen MR) is 73.5 cm³/mol. The Morgan fingerprint density at radius 1 is 1.05 bits per heavy atom. The molecule has 0 saturated heterocycles. The first-order valence-electron chi connectivity index (χ1n) is 6.03. The second-order valence-electron chi connectivity index (χ2n) is 4.05. The molecule has 0 aliphatic rings. The largest absolute Gasteiger partial charge is 0.305 e. The van der Waals surface area contributed by atoms with E-state index in [0.29, 0.717) is 5.82 Å². The molecule has 1 aromatic carbocycles. The Hall–Kier alpha value is -3.02. The third kappa shape index (κ3) is 2.54. The summed E-state index contributed by atoms with van der Waals surface area (Å²) in [7, 11) is 0. The Morgan fingerprint density at radius 2 is 1.85 bits per heavy atom. The summed E-state index contributed by atoms with van der Waals surface area (Å²) in [6.07, 6.45) is 3.18. The summed E-state index contributed by atoms with van der Waals surface area (Å²) in [5, 5.41) is 10.5. The third-order valence-electron chi connectivity index (χ3n) is 2.65. The van der Waals surface area contributed by atoms with Crippen LogP contribution in [0.2, 0.25) is 0 Å². The van der Waals surface area contributed by atoms with Crippen LogP contribution in [0.15, 0.2) is 60.9 Å². The monoisotopic (exact) mass is 265 g/mol. The Bertz CT molecular complexity index is 709. The van der Waals surface area contributed by atoms with Gasteiger partial charge in [0, 0.05) is 6.20 Å². The molecule has 0 saturated carbocycles. The van der Waals surface area contributed by atoms with E-state index in [2.05, 4.69) is 20.6 Å². The Labute approximate surface area is 115 Å². The number of anilines is 1. The zero-order valence-corrected chi connectivity index (χ0v) is 10.5. The van der Waals surface area contributed by atoms with Gasteiger partial charge >= 0.3 is 0 Å². The van der Waals surface area contributed by atoms with Crippen LogP contribution in [0.25, 0.3) is 5.69 Å². The quantitative estimate of drug-likeness (QED) is 0.785. The highest BCUT2D eigenvalue weighted by molar-refractivity contribution is 6.02.